The number of hydrogen-bond donors (Lipinski definition) is 2. The van der Waals surface area contributed by atoms with E-state index >= 15 is 0 Å². The van der Waals surface area contributed by atoms with Gasteiger partial charge in [0.15, 0.2) is 0 Å². The van der Waals surface area contributed by atoms with Crippen LogP contribution in [0.25, 0.3) is 0 Å². The van der Waals surface area contributed by atoms with Crippen LogP contribution in [0.2, 0.25) is 0 Å². The van der Waals surface area contributed by atoms with E-state index in [2.05, 4.69) is 20.6 Å². The Balaban J connectivity index is 1.66. The van der Waals surface area contributed by atoms with Crippen molar-refractivity contribution in [3.8, 4) is 0 Å². The molecule has 2 aromatic rings. The first-order valence-corrected chi connectivity index (χ1v) is 8.67. The second kappa shape index (κ2) is 7.90. The lowest BCUT2D eigenvalue weighted by atomic mass is 10.1. The average Bonchev–Trinajstić information content (AvgIpc) is 2.84. The molecule has 1 heterocycles. The summed E-state index contributed by atoms with van der Waals surface area (Å²) in [5.41, 5.74) is 2.52. The Labute approximate surface area is 142 Å². The number of hydrogen-bond acceptors (Lipinski definition) is 4. The Morgan fingerprint density at radius 1 is 1.08 bits per heavy atom. The van der Waals surface area contributed by atoms with Crippen molar-refractivity contribution in [3.05, 3.63) is 47.9 Å². The van der Waals surface area contributed by atoms with Crippen LogP contribution in [0.5, 0.6) is 0 Å². The molecule has 2 N–H and O–H groups in total. The van der Waals surface area contributed by atoms with Gasteiger partial charge in [0.2, 0.25) is 0 Å². The number of amides is 1. The number of rotatable bonds is 4. The Kier molecular flexibility index (Phi) is 5.41. The van der Waals surface area contributed by atoms with Crippen LogP contribution >= 0.6 is 0 Å². The van der Waals surface area contributed by atoms with E-state index in [0.29, 0.717) is 11.5 Å². The normalized spacial score (nSPS) is 15.5. The highest BCUT2D eigenvalue weighted by Crippen LogP contribution is 2.18. The number of benzene rings is 1. The van der Waals surface area contributed by atoms with Crippen LogP contribution in [0.3, 0.4) is 0 Å². The number of nitrogens with zero attached hydrogens (tertiary/aromatic N) is 2. The molecule has 0 spiro atoms. The molecule has 0 atom stereocenters. The van der Waals surface area contributed by atoms with E-state index in [4.69, 9.17) is 0 Å². The van der Waals surface area contributed by atoms with E-state index in [1.807, 2.05) is 31.2 Å². The lowest BCUT2D eigenvalue weighted by Gasteiger charge is -2.16. The summed E-state index contributed by atoms with van der Waals surface area (Å²) in [4.78, 5) is 20.8. The number of aromatic nitrogens is 2. The van der Waals surface area contributed by atoms with E-state index in [1.54, 1.807) is 6.07 Å². The minimum atomic E-state index is -0.114. The van der Waals surface area contributed by atoms with Crippen molar-refractivity contribution in [1.82, 2.24) is 15.3 Å². The van der Waals surface area contributed by atoms with Gasteiger partial charge in [0.1, 0.15) is 17.8 Å². The summed E-state index contributed by atoms with van der Waals surface area (Å²) in [6, 6.07) is 10.0. The first-order chi connectivity index (χ1) is 11.7. The summed E-state index contributed by atoms with van der Waals surface area (Å²) in [6.07, 6.45) is 8.47. The van der Waals surface area contributed by atoms with E-state index in [-0.39, 0.29) is 11.9 Å². The fourth-order valence-corrected chi connectivity index (χ4v) is 3.10. The topological polar surface area (TPSA) is 66.9 Å². The van der Waals surface area contributed by atoms with Gasteiger partial charge < -0.3 is 10.6 Å². The molecular weight excluding hydrogens is 300 g/mol. The molecule has 5 nitrogen and oxygen atoms in total. The van der Waals surface area contributed by atoms with E-state index in [1.165, 1.54) is 37.6 Å². The number of nitrogens with one attached hydrogen (secondary N) is 2. The Morgan fingerprint density at radius 2 is 1.88 bits per heavy atom. The zero-order chi connectivity index (χ0) is 16.8. The van der Waals surface area contributed by atoms with Crippen LogP contribution in [0, 0.1) is 6.92 Å². The fourth-order valence-electron chi connectivity index (χ4n) is 3.10. The summed E-state index contributed by atoms with van der Waals surface area (Å²) < 4.78 is 0. The number of aryl methyl sites for hydroxylation is 1. The first-order valence-electron chi connectivity index (χ1n) is 8.67. The zero-order valence-electron chi connectivity index (χ0n) is 14.1. The van der Waals surface area contributed by atoms with Crippen molar-refractivity contribution < 1.29 is 4.79 Å². The van der Waals surface area contributed by atoms with Crippen molar-refractivity contribution in [2.75, 3.05) is 5.32 Å². The zero-order valence-corrected chi connectivity index (χ0v) is 14.1. The second-order valence-electron chi connectivity index (χ2n) is 6.44. The minimum absolute atomic E-state index is 0.114. The monoisotopic (exact) mass is 324 g/mol. The van der Waals surface area contributed by atoms with Gasteiger partial charge in [-0.25, -0.2) is 9.97 Å². The molecule has 1 aliphatic rings. The van der Waals surface area contributed by atoms with Crippen LogP contribution in [0.1, 0.15) is 54.6 Å². The van der Waals surface area contributed by atoms with E-state index < -0.39 is 0 Å². The SMILES string of the molecule is Cc1cccc(Nc2cc(C(=O)NC3CCCCCC3)ncn2)c1. The lowest BCUT2D eigenvalue weighted by Crippen LogP contribution is -2.34. The van der Waals surface area contributed by atoms with Crippen LogP contribution in [-0.2, 0) is 0 Å². The third-order valence-electron chi connectivity index (χ3n) is 4.38. The molecule has 0 saturated heterocycles. The van der Waals surface area contributed by atoms with Gasteiger partial charge in [0.05, 0.1) is 0 Å². The number of carbonyl (C=O) groups is 1. The second-order valence-corrected chi connectivity index (χ2v) is 6.44. The molecule has 0 unspecified atom stereocenters. The molecule has 1 saturated carbocycles. The molecule has 3 rings (SSSR count). The maximum Gasteiger partial charge on any atom is 0.270 e. The van der Waals surface area contributed by atoms with Crippen molar-refractivity contribution in [1.29, 1.82) is 0 Å². The summed E-state index contributed by atoms with van der Waals surface area (Å²) in [5, 5.41) is 6.34. The van der Waals surface area contributed by atoms with E-state index in [0.717, 1.165) is 18.5 Å². The Bertz CT molecular complexity index is 693. The highest BCUT2D eigenvalue weighted by Gasteiger charge is 2.17. The molecule has 5 heteroatoms. The van der Waals surface area contributed by atoms with Gasteiger partial charge in [-0.2, -0.15) is 0 Å². The molecule has 126 valence electrons. The number of carbonyl (C=O) groups excluding carboxylic acids is 1. The van der Waals surface area contributed by atoms with Gasteiger partial charge in [-0.1, -0.05) is 37.8 Å². The van der Waals surface area contributed by atoms with Gasteiger partial charge in [-0.3, -0.25) is 4.79 Å². The molecule has 1 fully saturated rings. The Hall–Kier alpha value is -2.43. The highest BCUT2D eigenvalue weighted by atomic mass is 16.1. The maximum absolute atomic E-state index is 12.5. The summed E-state index contributed by atoms with van der Waals surface area (Å²) in [5.74, 6) is 0.512. The maximum atomic E-state index is 12.5. The smallest absolute Gasteiger partial charge is 0.270 e. The van der Waals surface area contributed by atoms with Gasteiger partial charge >= 0.3 is 0 Å². The van der Waals surface area contributed by atoms with E-state index in [9.17, 15) is 4.79 Å². The van der Waals surface area contributed by atoms with Gasteiger partial charge in [-0.15, -0.1) is 0 Å². The Morgan fingerprint density at radius 3 is 2.62 bits per heavy atom. The van der Waals surface area contributed by atoms with Crippen LogP contribution in [0.15, 0.2) is 36.7 Å². The molecule has 1 aromatic heterocycles. The number of anilines is 2. The van der Waals surface area contributed by atoms with Crippen molar-refractivity contribution >= 4 is 17.4 Å². The third-order valence-corrected chi connectivity index (χ3v) is 4.38. The molecule has 0 aliphatic heterocycles. The molecule has 1 aromatic carbocycles. The summed E-state index contributed by atoms with van der Waals surface area (Å²) in [6.45, 7) is 2.04. The predicted molar refractivity (Wildman–Crippen MR) is 95.4 cm³/mol. The quantitative estimate of drug-likeness (QED) is 0.835. The molecule has 1 aliphatic carbocycles. The fraction of sp³-hybridized carbons (Fsp3) is 0.421. The van der Waals surface area contributed by atoms with Crippen molar-refractivity contribution in [2.45, 2.75) is 51.5 Å². The molecule has 0 bridgehead atoms. The summed E-state index contributed by atoms with van der Waals surface area (Å²) >= 11 is 0. The minimum Gasteiger partial charge on any atom is -0.348 e. The first kappa shape index (κ1) is 16.4. The molecule has 24 heavy (non-hydrogen) atoms. The highest BCUT2D eigenvalue weighted by molar-refractivity contribution is 5.93. The van der Waals surface area contributed by atoms with Crippen LogP contribution in [-0.4, -0.2) is 21.9 Å². The third kappa shape index (κ3) is 4.54. The van der Waals surface area contributed by atoms with Gasteiger partial charge in [-0.05, 0) is 37.5 Å². The predicted octanol–water partition coefficient (Wildman–Crippen LogP) is 3.98. The standard InChI is InChI=1S/C19H24N4O/c1-14-7-6-10-16(11-14)22-18-12-17(20-13-21-18)19(24)23-15-8-4-2-3-5-9-15/h6-7,10-13,15H,2-5,8-9H2,1H3,(H,23,24)(H,20,21,22). The average molecular weight is 324 g/mol. The lowest BCUT2D eigenvalue weighted by molar-refractivity contribution is 0.0928. The van der Waals surface area contributed by atoms with Crippen molar-refractivity contribution in [2.24, 2.45) is 0 Å². The van der Waals surface area contributed by atoms with Gasteiger partial charge in [0, 0.05) is 17.8 Å². The summed E-state index contributed by atoms with van der Waals surface area (Å²) in [7, 11) is 0. The van der Waals surface area contributed by atoms with Crippen LogP contribution in [0.4, 0.5) is 11.5 Å². The molecule has 0 radical (unpaired) electrons. The van der Waals surface area contributed by atoms with Gasteiger partial charge in [0.25, 0.3) is 5.91 Å². The largest absolute Gasteiger partial charge is 0.348 e. The molecule has 1 amide bonds. The molecular formula is C19H24N4O. The van der Waals surface area contributed by atoms with Crippen LogP contribution < -0.4 is 10.6 Å². The van der Waals surface area contributed by atoms with Crippen molar-refractivity contribution in [3.63, 3.8) is 0 Å².